The number of aromatic nitrogens is 1. The van der Waals surface area contributed by atoms with E-state index < -0.39 is 17.3 Å². The van der Waals surface area contributed by atoms with Crippen LogP contribution in [0.5, 0.6) is 5.88 Å². The van der Waals surface area contributed by atoms with Gasteiger partial charge < -0.3 is 20.9 Å². The molecule has 0 spiro atoms. The smallest absolute Gasteiger partial charge is 0.303 e. The molecule has 0 saturated carbocycles. The van der Waals surface area contributed by atoms with E-state index in [0.717, 1.165) is 24.0 Å². The van der Waals surface area contributed by atoms with Crippen molar-refractivity contribution in [3.8, 4) is 5.88 Å². The zero-order chi connectivity index (χ0) is 25.9. The number of aliphatic carboxylic acids is 1. The number of nitrogens with one attached hydrogen (secondary N) is 1. The van der Waals surface area contributed by atoms with Crippen LogP contribution >= 0.6 is 0 Å². The molecule has 0 amide bonds. The number of carbonyl (C=O) groups is 1. The van der Waals surface area contributed by atoms with Crippen molar-refractivity contribution in [2.24, 2.45) is 10.7 Å². The first-order valence-corrected chi connectivity index (χ1v) is 12.0. The predicted octanol–water partition coefficient (Wildman–Crippen LogP) is 6.17. The molecule has 7 heteroatoms. The van der Waals surface area contributed by atoms with E-state index in [2.05, 4.69) is 18.8 Å². The second-order valence-corrected chi connectivity index (χ2v) is 9.00. The second-order valence-electron chi connectivity index (χ2n) is 9.00. The Morgan fingerprint density at radius 1 is 1.06 bits per heavy atom. The first-order valence-electron chi connectivity index (χ1n) is 12.0. The van der Waals surface area contributed by atoms with Crippen LogP contribution in [-0.4, -0.2) is 26.9 Å². The van der Waals surface area contributed by atoms with E-state index in [1.165, 1.54) is 12.1 Å². The summed E-state index contributed by atoms with van der Waals surface area (Å²) < 4.78 is 13.9. The van der Waals surface area contributed by atoms with E-state index in [-0.39, 0.29) is 12.3 Å². The first kappa shape index (κ1) is 25.1. The van der Waals surface area contributed by atoms with E-state index >= 15 is 0 Å². The number of aliphatic imine (C=N–C) groups is 1. The number of fused-ring (bicyclic) bond motifs is 1. The van der Waals surface area contributed by atoms with Crippen LogP contribution in [0.1, 0.15) is 55.4 Å². The Morgan fingerprint density at radius 3 is 2.44 bits per heavy atom. The van der Waals surface area contributed by atoms with Gasteiger partial charge in [0.1, 0.15) is 5.82 Å². The lowest BCUT2D eigenvalue weighted by atomic mass is 9.86. The van der Waals surface area contributed by atoms with E-state index in [1.54, 1.807) is 6.07 Å². The average molecular weight is 488 g/mol. The van der Waals surface area contributed by atoms with Crippen LogP contribution in [0.25, 0.3) is 10.9 Å². The largest absolute Gasteiger partial charge is 0.494 e. The summed E-state index contributed by atoms with van der Waals surface area (Å²) in [4.78, 5) is 18.8. The molecule has 186 valence electrons. The number of rotatable bonds is 9. The number of nitrogens with two attached hydrogens (primary N) is 1. The second kappa shape index (κ2) is 10.3. The first-order chi connectivity index (χ1) is 17.2. The standard InChI is InChI=1S/C29H30FN3O3/c1-3-29(31,4-2)20-9-12-22(13-10-20)32-27(19-7-5-6-18(16-19)8-15-25(34)35)26-23-14-11-21(30)17-24(23)33-28(26)36/h5-7,9-14,16-17,33,36H,3-4,8,15,31H2,1-2H3,(H,34,35). The van der Waals surface area contributed by atoms with Crippen molar-refractivity contribution in [3.63, 3.8) is 0 Å². The van der Waals surface area contributed by atoms with Crippen molar-refractivity contribution in [2.45, 2.75) is 45.1 Å². The number of aromatic hydroxyl groups is 1. The summed E-state index contributed by atoms with van der Waals surface area (Å²) in [7, 11) is 0. The molecule has 0 radical (unpaired) electrons. The van der Waals surface area contributed by atoms with Crippen molar-refractivity contribution in [1.29, 1.82) is 0 Å². The minimum atomic E-state index is -0.874. The molecule has 4 rings (SSSR count). The van der Waals surface area contributed by atoms with Gasteiger partial charge in [-0.25, -0.2) is 9.38 Å². The fourth-order valence-electron chi connectivity index (χ4n) is 4.44. The topological polar surface area (TPSA) is 112 Å². The van der Waals surface area contributed by atoms with Gasteiger partial charge in [0.05, 0.1) is 22.5 Å². The van der Waals surface area contributed by atoms with Crippen LogP contribution < -0.4 is 5.73 Å². The van der Waals surface area contributed by atoms with Crippen molar-refractivity contribution in [2.75, 3.05) is 0 Å². The highest BCUT2D eigenvalue weighted by Crippen LogP contribution is 2.33. The predicted molar refractivity (Wildman–Crippen MR) is 141 cm³/mol. The molecular weight excluding hydrogens is 457 g/mol. The van der Waals surface area contributed by atoms with Crippen molar-refractivity contribution >= 4 is 28.3 Å². The van der Waals surface area contributed by atoms with Gasteiger partial charge in [-0.2, -0.15) is 0 Å². The minimum Gasteiger partial charge on any atom is -0.494 e. The van der Waals surface area contributed by atoms with Gasteiger partial charge in [0, 0.05) is 22.9 Å². The Balaban J connectivity index is 1.86. The number of H-pyrrole nitrogens is 1. The van der Waals surface area contributed by atoms with Gasteiger partial charge in [0.2, 0.25) is 0 Å². The van der Waals surface area contributed by atoms with Gasteiger partial charge in [-0.15, -0.1) is 0 Å². The maximum Gasteiger partial charge on any atom is 0.303 e. The summed E-state index contributed by atoms with van der Waals surface area (Å²) in [5.74, 6) is -1.42. The summed E-state index contributed by atoms with van der Waals surface area (Å²) in [6.07, 6.45) is 1.98. The zero-order valence-corrected chi connectivity index (χ0v) is 20.4. The van der Waals surface area contributed by atoms with Crippen molar-refractivity contribution in [3.05, 3.63) is 94.8 Å². The lowest BCUT2D eigenvalue weighted by Crippen LogP contribution is -2.34. The highest BCUT2D eigenvalue weighted by molar-refractivity contribution is 6.21. The van der Waals surface area contributed by atoms with Crippen LogP contribution in [0.15, 0.2) is 71.7 Å². The molecule has 0 atom stereocenters. The molecular formula is C29H30FN3O3. The minimum absolute atomic E-state index is 0.00466. The number of hydrogen-bond acceptors (Lipinski definition) is 4. The van der Waals surface area contributed by atoms with Crippen molar-refractivity contribution < 1.29 is 19.4 Å². The molecule has 0 aliphatic rings. The molecule has 0 unspecified atom stereocenters. The van der Waals surface area contributed by atoms with E-state index in [9.17, 15) is 14.3 Å². The fraction of sp³-hybridized carbons (Fsp3) is 0.241. The molecule has 36 heavy (non-hydrogen) atoms. The summed E-state index contributed by atoms with van der Waals surface area (Å²) in [5, 5.41) is 20.6. The van der Waals surface area contributed by atoms with Gasteiger partial charge in [0.15, 0.2) is 5.88 Å². The summed E-state index contributed by atoms with van der Waals surface area (Å²) in [6, 6.07) is 19.4. The third kappa shape index (κ3) is 5.16. The van der Waals surface area contributed by atoms with Crippen LogP contribution in [0.2, 0.25) is 0 Å². The summed E-state index contributed by atoms with van der Waals surface area (Å²) >= 11 is 0. The molecule has 0 aliphatic heterocycles. The maximum atomic E-state index is 13.9. The Bertz CT molecular complexity index is 1420. The molecule has 4 aromatic rings. The molecule has 1 aromatic heterocycles. The van der Waals surface area contributed by atoms with Gasteiger partial charge in [-0.05, 0) is 66.8 Å². The van der Waals surface area contributed by atoms with Gasteiger partial charge in [0.25, 0.3) is 0 Å². The Kier molecular flexibility index (Phi) is 7.22. The van der Waals surface area contributed by atoms with Crippen LogP contribution in [0.4, 0.5) is 10.1 Å². The molecule has 1 heterocycles. The Labute approximate surface area is 209 Å². The normalized spacial score (nSPS) is 12.3. The highest BCUT2D eigenvalue weighted by atomic mass is 19.1. The number of halogens is 1. The molecule has 3 aromatic carbocycles. The number of hydrogen-bond donors (Lipinski definition) is 4. The Morgan fingerprint density at radius 2 is 1.78 bits per heavy atom. The quantitative estimate of drug-likeness (QED) is 0.211. The molecule has 0 bridgehead atoms. The number of aryl methyl sites for hydroxylation is 1. The Hall–Kier alpha value is -3.97. The molecule has 5 N–H and O–H groups in total. The van der Waals surface area contributed by atoms with Gasteiger partial charge in [-0.3, -0.25) is 4.79 Å². The van der Waals surface area contributed by atoms with Crippen molar-refractivity contribution in [1.82, 2.24) is 4.98 Å². The molecule has 0 fully saturated rings. The number of nitrogens with zero attached hydrogens (tertiary/aromatic N) is 1. The summed E-state index contributed by atoms with van der Waals surface area (Å²) in [6.45, 7) is 4.13. The van der Waals surface area contributed by atoms with Crippen LogP contribution in [0, 0.1) is 5.82 Å². The van der Waals surface area contributed by atoms with E-state index in [1.807, 2.05) is 48.5 Å². The lowest BCUT2D eigenvalue weighted by Gasteiger charge is -2.27. The van der Waals surface area contributed by atoms with Gasteiger partial charge in [-0.1, -0.05) is 44.2 Å². The SMILES string of the molecule is CCC(N)(CC)c1ccc(N=C(c2cccc(CCC(=O)O)c2)c2c(O)[nH]c3cc(F)ccc23)cc1. The zero-order valence-electron chi connectivity index (χ0n) is 20.4. The molecule has 6 nitrogen and oxygen atoms in total. The maximum absolute atomic E-state index is 13.9. The summed E-state index contributed by atoms with van der Waals surface area (Å²) in [5.41, 5.74) is 10.7. The van der Waals surface area contributed by atoms with Crippen LogP contribution in [-0.2, 0) is 16.8 Å². The van der Waals surface area contributed by atoms with Gasteiger partial charge >= 0.3 is 5.97 Å². The monoisotopic (exact) mass is 487 g/mol. The number of carboxylic acid groups (broad SMARTS) is 1. The van der Waals surface area contributed by atoms with E-state index in [0.29, 0.717) is 39.8 Å². The molecule has 0 saturated heterocycles. The van der Waals surface area contributed by atoms with E-state index in [4.69, 9.17) is 15.8 Å². The molecule has 0 aliphatic carbocycles. The highest BCUT2D eigenvalue weighted by Gasteiger charge is 2.23. The lowest BCUT2D eigenvalue weighted by molar-refractivity contribution is -0.136. The number of aromatic amines is 1. The number of carboxylic acids is 1. The van der Waals surface area contributed by atoms with Crippen LogP contribution in [0.3, 0.4) is 0 Å². The third-order valence-electron chi connectivity index (χ3n) is 6.75. The fourth-order valence-corrected chi connectivity index (χ4v) is 4.44. The third-order valence-corrected chi connectivity index (χ3v) is 6.75. The number of benzene rings is 3. The average Bonchev–Trinajstić information content (AvgIpc) is 3.20.